The summed E-state index contributed by atoms with van der Waals surface area (Å²) in [6.45, 7) is 4.71. The van der Waals surface area contributed by atoms with Crippen molar-refractivity contribution in [3.8, 4) is 0 Å². The molecule has 5 rings (SSSR count). The number of fused-ring (bicyclic) bond motifs is 1. The van der Waals surface area contributed by atoms with Gasteiger partial charge in [-0.2, -0.15) is 0 Å². The Morgan fingerprint density at radius 3 is 2.38 bits per heavy atom. The predicted molar refractivity (Wildman–Crippen MR) is 127 cm³/mol. The summed E-state index contributed by atoms with van der Waals surface area (Å²) in [6.07, 6.45) is 9.06. The van der Waals surface area contributed by atoms with E-state index in [4.69, 9.17) is 0 Å². The zero-order valence-corrected chi connectivity index (χ0v) is 18.7. The van der Waals surface area contributed by atoms with Gasteiger partial charge in [0.05, 0.1) is 11.0 Å². The Balaban J connectivity index is 1.19. The fourth-order valence-corrected chi connectivity index (χ4v) is 5.41. The van der Waals surface area contributed by atoms with Crippen molar-refractivity contribution in [3.05, 3.63) is 72.1 Å². The highest BCUT2D eigenvalue weighted by Crippen LogP contribution is 2.33. The summed E-state index contributed by atoms with van der Waals surface area (Å²) in [6, 6.07) is 16.8. The van der Waals surface area contributed by atoms with Gasteiger partial charge in [0.2, 0.25) is 5.91 Å². The van der Waals surface area contributed by atoms with E-state index >= 15 is 0 Å². The van der Waals surface area contributed by atoms with Crippen LogP contribution in [0.5, 0.6) is 0 Å². The van der Waals surface area contributed by atoms with Crippen LogP contribution in [-0.2, 0) is 17.9 Å². The Labute approximate surface area is 190 Å². The SMILES string of the molecule is O=C1[C@H](C2CCN(Cc3ccc4nccnc4c3)CC2)CCCCN1Cc1ccccc1. The highest BCUT2D eigenvalue weighted by molar-refractivity contribution is 5.79. The number of hydrogen-bond donors (Lipinski definition) is 0. The molecule has 2 aliphatic heterocycles. The van der Waals surface area contributed by atoms with Gasteiger partial charge in [0.25, 0.3) is 0 Å². The van der Waals surface area contributed by atoms with Crippen molar-refractivity contribution >= 4 is 16.9 Å². The number of piperidine rings is 1. The second kappa shape index (κ2) is 9.78. The second-order valence-electron chi connectivity index (χ2n) is 9.34. The van der Waals surface area contributed by atoms with E-state index < -0.39 is 0 Å². The molecular weight excluding hydrogens is 396 g/mol. The van der Waals surface area contributed by atoms with Crippen LogP contribution in [0.4, 0.5) is 0 Å². The quantitative estimate of drug-likeness (QED) is 0.593. The second-order valence-corrected chi connectivity index (χ2v) is 9.34. The van der Waals surface area contributed by atoms with Crippen molar-refractivity contribution in [3.63, 3.8) is 0 Å². The molecule has 3 aromatic rings. The Morgan fingerprint density at radius 1 is 0.781 bits per heavy atom. The Kier molecular flexibility index (Phi) is 6.44. The number of aromatic nitrogens is 2. The van der Waals surface area contributed by atoms with Gasteiger partial charge in [-0.25, -0.2) is 0 Å². The standard InChI is InChI=1S/C27H32N4O/c32-27-24(8-4-5-15-31(27)20-21-6-2-1-3-7-21)23-11-16-30(17-12-23)19-22-9-10-25-26(18-22)29-14-13-28-25/h1-3,6-7,9-10,13-14,18,23-24H,4-5,8,11-12,15-17,19-20H2/t24-/m0/s1. The zero-order chi connectivity index (χ0) is 21.8. The normalized spacial score (nSPS) is 21.1. The largest absolute Gasteiger partial charge is 0.338 e. The van der Waals surface area contributed by atoms with Crippen LogP contribution >= 0.6 is 0 Å². The molecule has 5 heteroatoms. The molecule has 2 fully saturated rings. The molecule has 2 saturated heterocycles. The van der Waals surface area contributed by atoms with Crippen molar-refractivity contribution in [2.45, 2.75) is 45.2 Å². The monoisotopic (exact) mass is 428 g/mol. The maximum atomic E-state index is 13.4. The highest BCUT2D eigenvalue weighted by Gasteiger charge is 2.35. The molecule has 0 aliphatic carbocycles. The summed E-state index contributed by atoms with van der Waals surface area (Å²) >= 11 is 0. The van der Waals surface area contributed by atoms with Crippen LogP contribution in [0.3, 0.4) is 0 Å². The number of carbonyl (C=O) groups is 1. The van der Waals surface area contributed by atoms with Crippen LogP contribution in [-0.4, -0.2) is 45.3 Å². The predicted octanol–water partition coefficient (Wildman–Crippen LogP) is 4.67. The minimum atomic E-state index is 0.194. The van der Waals surface area contributed by atoms with Crippen LogP contribution in [0.2, 0.25) is 0 Å². The minimum absolute atomic E-state index is 0.194. The van der Waals surface area contributed by atoms with Crippen molar-refractivity contribution in [2.24, 2.45) is 11.8 Å². The fraction of sp³-hybridized carbons (Fsp3) is 0.444. The fourth-order valence-electron chi connectivity index (χ4n) is 5.41. The molecular formula is C27H32N4O. The van der Waals surface area contributed by atoms with E-state index in [-0.39, 0.29) is 5.92 Å². The molecule has 0 spiro atoms. The Bertz CT molecular complexity index is 1050. The van der Waals surface area contributed by atoms with Gasteiger partial charge in [0.1, 0.15) is 0 Å². The van der Waals surface area contributed by atoms with E-state index in [0.29, 0.717) is 11.8 Å². The topological polar surface area (TPSA) is 49.3 Å². The van der Waals surface area contributed by atoms with Crippen LogP contribution < -0.4 is 0 Å². The molecule has 32 heavy (non-hydrogen) atoms. The first-order valence-corrected chi connectivity index (χ1v) is 12.0. The van der Waals surface area contributed by atoms with E-state index in [2.05, 4.69) is 62.2 Å². The maximum Gasteiger partial charge on any atom is 0.226 e. The van der Waals surface area contributed by atoms with Crippen molar-refractivity contribution in [1.29, 1.82) is 0 Å². The summed E-state index contributed by atoms with van der Waals surface area (Å²) in [7, 11) is 0. The minimum Gasteiger partial charge on any atom is -0.338 e. The van der Waals surface area contributed by atoms with E-state index in [1.54, 1.807) is 12.4 Å². The lowest BCUT2D eigenvalue weighted by Gasteiger charge is -2.36. The van der Waals surface area contributed by atoms with Crippen molar-refractivity contribution in [1.82, 2.24) is 19.8 Å². The van der Waals surface area contributed by atoms with E-state index in [0.717, 1.165) is 69.4 Å². The Hall–Kier alpha value is -2.79. The molecule has 0 saturated carbocycles. The van der Waals surface area contributed by atoms with Crippen LogP contribution in [0.25, 0.3) is 11.0 Å². The van der Waals surface area contributed by atoms with Crippen LogP contribution in [0.1, 0.15) is 43.2 Å². The number of nitrogens with zero attached hydrogens (tertiary/aromatic N) is 4. The zero-order valence-electron chi connectivity index (χ0n) is 18.7. The van der Waals surface area contributed by atoms with E-state index in [1.807, 2.05) is 6.07 Å². The van der Waals surface area contributed by atoms with Crippen LogP contribution in [0.15, 0.2) is 60.9 Å². The first kappa shape index (κ1) is 21.1. The number of likely N-dealkylation sites (tertiary alicyclic amines) is 2. The number of hydrogen-bond acceptors (Lipinski definition) is 4. The average molecular weight is 429 g/mol. The summed E-state index contributed by atoms with van der Waals surface area (Å²) in [5.41, 5.74) is 4.43. The lowest BCUT2D eigenvalue weighted by Crippen LogP contribution is -2.42. The van der Waals surface area contributed by atoms with Gasteiger partial charge in [-0.15, -0.1) is 0 Å². The lowest BCUT2D eigenvalue weighted by atomic mass is 9.81. The van der Waals surface area contributed by atoms with Gasteiger partial charge in [0, 0.05) is 37.9 Å². The van der Waals surface area contributed by atoms with E-state index in [1.165, 1.54) is 17.5 Å². The third-order valence-electron chi connectivity index (χ3n) is 7.18. The van der Waals surface area contributed by atoms with Crippen molar-refractivity contribution < 1.29 is 4.79 Å². The molecule has 0 N–H and O–H groups in total. The first-order chi connectivity index (χ1) is 15.8. The third kappa shape index (κ3) is 4.83. The third-order valence-corrected chi connectivity index (χ3v) is 7.18. The van der Waals surface area contributed by atoms with Gasteiger partial charge in [-0.05, 0) is 68.0 Å². The summed E-state index contributed by atoms with van der Waals surface area (Å²) in [5, 5.41) is 0. The number of benzene rings is 2. The molecule has 0 bridgehead atoms. The van der Waals surface area contributed by atoms with E-state index in [9.17, 15) is 4.79 Å². The summed E-state index contributed by atoms with van der Waals surface area (Å²) in [4.78, 5) is 26.9. The number of amides is 1. The summed E-state index contributed by atoms with van der Waals surface area (Å²) < 4.78 is 0. The Morgan fingerprint density at radius 2 is 1.56 bits per heavy atom. The molecule has 2 aliphatic rings. The van der Waals surface area contributed by atoms with Gasteiger partial charge in [0.15, 0.2) is 0 Å². The lowest BCUT2D eigenvalue weighted by molar-refractivity contribution is -0.138. The molecule has 5 nitrogen and oxygen atoms in total. The molecule has 3 heterocycles. The number of carbonyl (C=O) groups excluding carboxylic acids is 1. The van der Waals surface area contributed by atoms with Gasteiger partial charge >= 0.3 is 0 Å². The molecule has 1 amide bonds. The average Bonchev–Trinajstić information content (AvgIpc) is 3.02. The van der Waals surface area contributed by atoms with Gasteiger partial charge in [-0.3, -0.25) is 19.7 Å². The van der Waals surface area contributed by atoms with Crippen molar-refractivity contribution in [2.75, 3.05) is 19.6 Å². The number of rotatable bonds is 5. The smallest absolute Gasteiger partial charge is 0.226 e. The van der Waals surface area contributed by atoms with Crippen LogP contribution in [0, 0.1) is 11.8 Å². The molecule has 0 radical (unpaired) electrons. The highest BCUT2D eigenvalue weighted by atomic mass is 16.2. The molecule has 0 unspecified atom stereocenters. The van der Waals surface area contributed by atoms with Gasteiger partial charge < -0.3 is 4.90 Å². The maximum absolute atomic E-state index is 13.4. The molecule has 2 aromatic carbocycles. The summed E-state index contributed by atoms with van der Waals surface area (Å²) in [5.74, 6) is 1.09. The van der Waals surface area contributed by atoms with Gasteiger partial charge in [-0.1, -0.05) is 42.8 Å². The molecule has 166 valence electrons. The molecule has 1 atom stereocenters. The first-order valence-electron chi connectivity index (χ1n) is 12.0. The molecule has 1 aromatic heterocycles.